The first-order chi connectivity index (χ1) is 7.69. The Kier molecular flexibility index (Phi) is 4.85. The maximum Gasteiger partial charge on any atom is 0.290 e. The predicted molar refractivity (Wildman–Crippen MR) is 54.9 cm³/mol. The molecule has 16 heavy (non-hydrogen) atoms. The molecule has 0 radical (unpaired) electrons. The summed E-state index contributed by atoms with van der Waals surface area (Å²) in [6, 6.07) is 4.79. The van der Waals surface area contributed by atoms with Crippen LogP contribution >= 0.6 is 0 Å². The Morgan fingerprint density at radius 2 is 2.06 bits per heavy atom. The van der Waals surface area contributed by atoms with Crippen molar-refractivity contribution in [2.75, 3.05) is 0 Å². The van der Waals surface area contributed by atoms with Gasteiger partial charge in [-0.25, -0.2) is 8.78 Å². The van der Waals surface area contributed by atoms with E-state index in [-0.39, 0.29) is 6.47 Å². The third-order valence-corrected chi connectivity index (χ3v) is 2.19. The van der Waals surface area contributed by atoms with Gasteiger partial charge in [0.25, 0.3) is 6.47 Å². The first-order valence-corrected chi connectivity index (χ1v) is 4.93. The van der Waals surface area contributed by atoms with Crippen LogP contribution < -0.4 is 5.32 Å². The summed E-state index contributed by atoms with van der Waals surface area (Å²) in [7, 11) is 0. The first-order valence-electron chi connectivity index (χ1n) is 4.93. The van der Waals surface area contributed by atoms with Crippen molar-refractivity contribution in [3.8, 4) is 0 Å². The van der Waals surface area contributed by atoms with Crippen LogP contribution in [0.5, 0.6) is 0 Å². The van der Waals surface area contributed by atoms with E-state index in [4.69, 9.17) is 9.90 Å². The number of hydrogen-bond donors (Lipinski definition) is 2. The second-order valence-corrected chi connectivity index (χ2v) is 3.47. The monoisotopic (exact) mass is 229 g/mol. The molecule has 0 atom stereocenters. The van der Waals surface area contributed by atoms with Gasteiger partial charge in [0, 0.05) is 18.2 Å². The summed E-state index contributed by atoms with van der Waals surface area (Å²) in [6.45, 7) is 0.175. The Labute approximate surface area is 92.1 Å². The zero-order chi connectivity index (χ0) is 12.0. The van der Waals surface area contributed by atoms with Crippen LogP contribution in [0.2, 0.25) is 0 Å². The molecule has 1 aromatic carbocycles. The fraction of sp³-hybridized carbons (Fsp3) is 0.364. The molecule has 1 fully saturated rings. The molecule has 1 aromatic rings. The summed E-state index contributed by atoms with van der Waals surface area (Å²) in [5.74, 6) is -1.49. The van der Waals surface area contributed by atoms with Crippen LogP contribution in [-0.4, -0.2) is 17.6 Å². The van der Waals surface area contributed by atoms with Crippen LogP contribution in [0.1, 0.15) is 18.4 Å². The molecule has 1 saturated carbocycles. The van der Waals surface area contributed by atoms with E-state index in [1.165, 1.54) is 6.07 Å². The average Bonchev–Trinajstić information content (AvgIpc) is 3.05. The second kappa shape index (κ2) is 6.17. The lowest BCUT2D eigenvalue weighted by molar-refractivity contribution is -0.122. The SMILES string of the molecule is Fc1cccc(CNC2CC2)c1F.O=CO. The highest BCUT2D eigenvalue weighted by Crippen LogP contribution is 2.20. The van der Waals surface area contributed by atoms with Crippen LogP contribution in [0.3, 0.4) is 0 Å². The fourth-order valence-corrected chi connectivity index (χ4v) is 1.23. The van der Waals surface area contributed by atoms with Gasteiger partial charge in [0.15, 0.2) is 11.6 Å². The summed E-state index contributed by atoms with van der Waals surface area (Å²) in [5, 5.41) is 10.0. The minimum absolute atomic E-state index is 0.250. The van der Waals surface area contributed by atoms with Crippen molar-refractivity contribution in [3.05, 3.63) is 35.4 Å². The van der Waals surface area contributed by atoms with Crippen molar-refractivity contribution >= 4 is 6.47 Å². The maximum atomic E-state index is 13.1. The van der Waals surface area contributed by atoms with Gasteiger partial charge in [-0.3, -0.25) is 4.79 Å². The average molecular weight is 229 g/mol. The number of hydrogen-bond acceptors (Lipinski definition) is 2. The summed E-state index contributed by atoms with van der Waals surface area (Å²) >= 11 is 0. The van der Waals surface area contributed by atoms with Crippen molar-refractivity contribution in [2.24, 2.45) is 0 Å². The van der Waals surface area contributed by atoms with Gasteiger partial charge in [-0.05, 0) is 18.9 Å². The van der Waals surface area contributed by atoms with Crippen molar-refractivity contribution in [1.82, 2.24) is 5.32 Å². The molecule has 0 amide bonds. The third kappa shape index (κ3) is 3.94. The molecule has 1 aliphatic rings. The van der Waals surface area contributed by atoms with Crippen molar-refractivity contribution < 1.29 is 18.7 Å². The zero-order valence-electron chi connectivity index (χ0n) is 8.62. The summed E-state index contributed by atoms with van der Waals surface area (Å²) in [5.41, 5.74) is 0.409. The van der Waals surface area contributed by atoms with Crippen molar-refractivity contribution in [1.29, 1.82) is 0 Å². The van der Waals surface area contributed by atoms with Gasteiger partial charge in [0.1, 0.15) is 0 Å². The van der Waals surface area contributed by atoms with Crippen molar-refractivity contribution in [3.63, 3.8) is 0 Å². The summed E-state index contributed by atoms with van der Waals surface area (Å²) in [6.07, 6.45) is 2.30. The van der Waals surface area contributed by atoms with E-state index in [2.05, 4.69) is 5.32 Å². The van der Waals surface area contributed by atoms with E-state index in [0.717, 1.165) is 18.9 Å². The molecule has 88 valence electrons. The van der Waals surface area contributed by atoms with Crippen LogP contribution in [0.15, 0.2) is 18.2 Å². The lowest BCUT2D eigenvalue weighted by Gasteiger charge is -2.04. The molecular weight excluding hydrogens is 216 g/mol. The van der Waals surface area contributed by atoms with E-state index in [0.29, 0.717) is 18.2 Å². The number of carbonyl (C=O) groups is 1. The second-order valence-electron chi connectivity index (χ2n) is 3.47. The molecule has 5 heteroatoms. The molecule has 0 aromatic heterocycles. The number of nitrogens with one attached hydrogen (secondary N) is 1. The predicted octanol–water partition coefficient (Wildman–Crippen LogP) is 1.92. The van der Waals surface area contributed by atoms with Crippen molar-refractivity contribution in [2.45, 2.75) is 25.4 Å². The topological polar surface area (TPSA) is 49.3 Å². The van der Waals surface area contributed by atoms with Crippen LogP contribution in [-0.2, 0) is 11.3 Å². The lowest BCUT2D eigenvalue weighted by atomic mass is 10.2. The van der Waals surface area contributed by atoms with E-state index in [9.17, 15) is 8.78 Å². The minimum Gasteiger partial charge on any atom is -0.483 e. The molecule has 3 nitrogen and oxygen atoms in total. The highest BCUT2D eigenvalue weighted by molar-refractivity contribution is 5.32. The Hall–Kier alpha value is -1.49. The number of rotatable bonds is 3. The number of carboxylic acid groups (broad SMARTS) is 1. The third-order valence-electron chi connectivity index (χ3n) is 2.19. The number of halogens is 2. The lowest BCUT2D eigenvalue weighted by Crippen LogP contribution is -2.16. The molecule has 0 bridgehead atoms. The zero-order valence-corrected chi connectivity index (χ0v) is 8.62. The van der Waals surface area contributed by atoms with Gasteiger partial charge in [0.05, 0.1) is 0 Å². The largest absolute Gasteiger partial charge is 0.483 e. The molecule has 2 N–H and O–H groups in total. The molecule has 0 heterocycles. The maximum absolute atomic E-state index is 13.1. The van der Waals surface area contributed by atoms with Gasteiger partial charge >= 0.3 is 0 Å². The molecular formula is C11H13F2NO2. The van der Waals surface area contributed by atoms with Gasteiger partial charge in [-0.1, -0.05) is 12.1 Å². The molecule has 0 unspecified atom stereocenters. The molecule has 0 aliphatic heterocycles. The highest BCUT2D eigenvalue weighted by atomic mass is 19.2. The van der Waals surface area contributed by atoms with Gasteiger partial charge in [0.2, 0.25) is 0 Å². The molecule has 2 rings (SSSR count). The molecule has 1 aliphatic carbocycles. The van der Waals surface area contributed by atoms with Gasteiger partial charge < -0.3 is 10.4 Å². The quantitative estimate of drug-likeness (QED) is 0.778. The minimum atomic E-state index is -0.768. The van der Waals surface area contributed by atoms with E-state index < -0.39 is 11.6 Å². The Morgan fingerprint density at radius 1 is 1.44 bits per heavy atom. The smallest absolute Gasteiger partial charge is 0.290 e. The summed E-state index contributed by atoms with van der Waals surface area (Å²) in [4.78, 5) is 8.36. The Morgan fingerprint density at radius 3 is 2.62 bits per heavy atom. The van der Waals surface area contributed by atoms with Crippen LogP contribution in [0.25, 0.3) is 0 Å². The fourth-order valence-electron chi connectivity index (χ4n) is 1.23. The van der Waals surface area contributed by atoms with E-state index >= 15 is 0 Å². The van der Waals surface area contributed by atoms with E-state index in [1.807, 2.05) is 0 Å². The van der Waals surface area contributed by atoms with Gasteiger partial charge in [-0.2, -0.15) is 0 Å². The summed E-state index contributed by atoms with van der Waals surface area (Å²) < 4.78 is 25.8. The van der Waals surface area contributed by atoms with E-state index in [1.54, 1.807) is 6.07 Å². The Bertz CT molecular complexity index is 354. The molecule has 0 saturated heterocycles. The van der Waals surface area contributed by atoms with Crippen LogP contribution in [0.4, 0.5) is 8.78 Å². The van der Waals surface area contributed by atoms with Crippen LogP contribution in [0, 0.1) is 11.6 Å². The normalized spacial score (nSPS) is 13.9. The standard InChI is InChI=1S/C10H11F2N.CH2O2/c11-9-3-1-2-7(10(9)12)6-13-8-4-5-8;2-1-3/h1-3,8,13H,4-6H2;1H,(H,2,3). The van der Waals surface area contributed by atoms with Gasteiger partial charge in [-0.15, -0.1) is 0 Å². The number of benzene rings is 1. The Balaban J connectivity index is 0.000000386. The molecule has 0 spiro atoms. The first kappa shape index (κ1) is 12.6. The highest BCUT2D eigenvalue weighted by Gasteiger charge is 2.20.